The van der Waals surface area contributed by atoms with Crippen LogP contribution in [-0.2, 0) is 11.2 Å². The third-order valence-electron chi connectivity index (χ3n) is 7.49. The Morgan fingerprint density at radius 3 is 2.33 bits per heavy atom. The highest BCUT2D eigenvalue weighted by atomic mass is 16.2. The van der Waals surface area contributed by atoms with Crippen molar-refractivity contribution >= 4 is 16.7 Å². The summed E-state index contributed by atoms with van der Waals surface area (Å²) in [5.74, 6) is 0.536. The van der Waals surface area contributed by atoms with E-state index in [4.69, 9.17) is 5.10 Å². The lowest BCUT2D eigenvalue weighted by molar-refractivity contribution is -0.136. The first kappa shape index (κ1) is 24.0. The summed E-state index contributed by atoms with van der Waals surface area (Å²) in [6.45, 7) is 7.33. The summed E-state index contributed by atoms with van der Waals surface area (Å²) in [4.78, 5) is 28.9. The Labute approximate surface area is 212 Å². The number of fused-ring (bicyclic) bond motifs is 1. The highest BCUT2D eigenvalue weighted by molar-refractivity contribution is 5.94. The molecule has 4 aromatic rings. The Kier molecular flexibility index (Phi) is 6.73. The van der Waals surface area contributed by atoms with Gasteiger partial charge in [0.2, 0.25) is 5.91 Å². The molecule has 184 valence electrons. The summed E-state index contributed by atoms with van der Waals surface area (Å²) in [5.41, 5.74) is 5.07. The quantitative estimate of drug-likeness (QED) is 0.368. The molecule has 1 unspecified atom stereocenters. The summed E-state index contributed by atoms with van der Waals surface area (Å²) >= 11 is 0. The van der Waals surface area contributed by atoms with Crippen LogP contribution in [-0.4, -0.2) is 33.7 Å². The fourth-order valence-corrected chi connectivity index (χ4v) is 5.33. The molecule has 5 nitrogen and oxygen atoms in total. The molecule has 5 rings (SSSR count). The number of benzene rings is 3. The van der Waals surface area contributed by atoms with Gasteiger partial charge < -0.3 is 4.90 Å². The second kappa shape index (κ2) is 10.1. The number of carbonyl (C=O) groups is 1. The van der Waals surface area contributed by atoms with Gasteiger partial charge in [-0.3, -0.25) is 9.59 Å². The number of aromatic nitrogens is 2. The first-order valence-corrected chi connectivity index (χ1v) is 12.8. The summed E-state index contributed by atoms with van der Waals surface area (Å²) in [7, 11) is 0. The molecule has 0 bridgehead atoms. The fourth-order valence-electron chi connectivity index (χ4n) is 5.33. The van der Waals surface area contributed by atoms with Crippen molar-refractivity contribution in [2.45, 2.75) is 46.1 Å². The molecule has 1 fully saturated rings. The van der Waals surface area contributed by atoms with E-state index in [1.807, 2.05) is 35.2 Å². The van der Waals surface area contributed by atoms with Crippen LogP contribution in [0.4, 0.5) is 0 Å². The van der Waals surface area contributed by atoms with Gasteiger partial charge in [0.1, 0.15) is 6.04 Å². The molecule has 2 heterocycles. The molecule has 36 heavy (non-hydrogen) atoms. The molecule has 5 heteroatoms. The van der Waals surface area contributed by atoms with E-state index in [0.717, 1.165) is 47.0 Å². The monoisotopic (exact) mass is 479 g/mol. The van der Waals surface area contributed by atoms with Crippen molar-refractivity contribution in [3.63, 3.8) is 0 Å². The number of piperidine rings is 1. The van der Waals surface area contributed by atoms with E-state index in [2.05, 4.69) is 56.3 Å². The predicted octanol–water partition coefficient (Wildman–Crippen LogP) is 5.72. The minimum Gasteiger partial charge on any atom is -0.341 e. The number of hydrogen-bond donors (Lipinski definition) is 0. The number of nitrogens with zero attached hydrogens (tertiary/aromatic N) is 3. The molecule has 1 aromatic heterocycles. The van der Waals surface area contributed by atoms with E-state index in [1.165, 1.54) is 10.2 Å². The van der Waals surface area contributed by atoms with Crippen LogP contribution in [0.15, 0.2) is 77.6 Å². The van der Waals surface area contributed by atoms with Crippen LogP contribution in [0.5, 0.6) is 0 Å². The minimum absolute atomic E-state index is 0.0371. The molecule has 1 atom stereocenters. The average molecular weight is 480 g/mol. The van der Waals surface area contributed by atoms with Crippen LogP contribution in [0.25, 0.3) is 22.0 Å². The van der Waals surface area contributed by atoms with Gasteiger partial charge in [-0.1, -0.05) is 66.2 Å². The molecule has 0 spiro atoms. The van der Waals surface area contributed by atoms with Gasteiger partial charge in [-0.05, 0) is 69.2 Å². The Morgan fingerprint density at radius 1 is 0.944 bits per heavy atom. The zero-order valence-electron chi connectivity index (χ0n) is 21.3. The lowest BCUT2D eigenvalue weighted by atomic mass is 9.90. The van der Waals surface area contributed by atoms with E-state index in [9.17, 15) is 9.59 Å². The van der Waals surface area contributed by atoms with Crippen LogP contribution in [0.1, 0.15) is 42.5 Å². The van der Waals surface area contributed by atoms with Gasteiger partial charge in [0.15, 0.2) is 0 Å². The van der Waals surface area contributed by atoms with Gasteiger partial charge in [-0.15, -0.1) is 0 Å². The molecule has 0 saturated carbocycles. The van der Waals surface area contributed by atoms with Crippen LogP contribution in [0.2, 0.25) is 0 Å². The molecule has 1 saturated heterocycles. The Balaban J connectivity index is 1.42. The molecule has 1 amide bonds. The fraction of sp³-hybridized carbons (Fsp3) is 0.323. The minimum atomic E-state index is -0.670. The molecule has 1 aliphatic rings. The second-order valence-corrected chi connectivity index (χ2v) is 10.1. The number of hydrogen-bond acceptors (Lipinski definition) is 3. The van der Waals surface area contributed by atoms with Crippen LogP contribution in [0, 0.1) is 19.8 Å². The number of carbonyl (C=O) groups excluding carboxylic acids is 1. The molecule has 0 radical (unpaired) electrons. The second-order valence-electron chi connectivity index (χ2n) is 10.1. The third kappa shape index (κ3) is 4.70. The largest absolute Gasteiger partial charge is 0.341 e. The molecule has 1 aliphatic heterocycles. The van der Waals surface area contributed by atoms with Crippen molar-refractivity contribution in [2.24, 2.45) is 5.92 Å². The SMILES string of the molecule is Cc1ccc(C)c(-c2nn(C(C)C(=O)N3CCC(Cc4ccccc4)CC3)c(=O)c3ccccc23)c1. The van der Waals surface area contributed by atoms with Crippen molar-refractivity contribution in [3.05, 3.63) is 99.8 Å². The van der Waals surface area contributed by atoms with Crippen molar-refractivity contribution in [1.82, 2.24) is 14.7 Å². The van der Waals surface area contributed by atoms with Crippen molar-refractivity contribution in [2.75, 3.05) is 13.1 Å². The number of amides is 1. The standard InChI is InChI=1S/C31H33N3O2/c1-21-13-14-22(2)28(19-21)29-26-11-7-8-12-27(26)31(36)34(32-29)23(3)30(35)33-17-15-25(16-18-33)20-24-9-5-4-6-10-24/h4-14,19,23,25H,15-18,20H2,1-3H3. The lowest BCUT2D eigenvalue weighted by Crippen LogP contribution is -2.44. The topological polar surface area (TPSA) is 55.2 Å². The normalized spacial score (nSPS) is 15.2. The molecular formula is C31H33N3O2. The van der Waals surface area contributed by atoms with Crippen LogP contribution in [0.3, 0.4) is 0 Å². The van der Waals surface area contributed by atoms with E-state index in [-0.39, 0.29) is 11.5 Å². The zero-order chi connectivity index (χ0) is 25.2. The van der Waals surface area contributed by atoms with Crippen molar-refractivity contribution in [1.29, 1.82) is 0 Å². The Hall–Kier alpha value is -3.73. The highest BCUT2D eigenvalue weighted by Gasteiger charge is 2.29. The Bertz CT molecular complexity index is 1450. The van der Waals surface area contributed by atoms with Crippen molar-refractivity contribution in [3.8, 4) is 11.3 Å². The Morgan fingerprint density at radius 2 is 1.61 bits per heavy atom. The van der Waals surface area contributed by atoms with Gasteiger partial charge in [-0.2, -0.15) is 5.10 Å². The molecule has 0 aliphatic carbocycles. The van der Waals surface area contributed by atoms with Gasteiger partial charge in [-0.25, -0.2) is 4.68 Å². The third-order valence-corrected chi connectivity index (χ3v) is 7.49. The highest BCUT2D eigenvalue weighted by Crippen LogP contribution is 2.29. The molecular weight excluding hydrogens is 446 g/mol. The summed E-state index contributed by atoms with van der Waals surface area (Å²) in [6, 6.07) is 23.7. The summed E-state index contributed by atoms with van der Waals surface area (Å²) in [6.07, 6.45) is 2.99. The van der Waals surface area contributed by atoms with E-state index in [0.29, 0.717) is 24.4 Å². The number of rotatable bonds is 5. The van der Waals surface area contributed by atoms with Gasteiger partial charge in [0, 0.05) is 24.0 Å². The maximum absolute atomic E-state index is 13.5. The summed E-state index contributed by atoms with van der Waals surface area (Å²) in [5, 5.41) is 6.22. The maximum atomic E-state index is 13.5. The number of aryl methyl sites for hydroxylation is 2. The lowest BCUT2D eigenvalue weighted by Gasteiger charge is -2.34. The average Bonchev–Trinajstić information content (AvgIpc) is 2.91. The van der Waals surface area contributed by atoms with Crippen LogP contribution >= 0.6 is 0 Å². The van der Waals surface area contributed by atoms with Gasteiger partial charge >= 0.3 is 0 Å². The number of likely N-dealkylation sites (tertiary alicyclic amines) is 1. The molecule has 0 N–H and O–H groups in total. The van der Waals surface area contributed by atoms with Crippen LogP contribution < -0.4 is 5.56 Å². The smallest absolute Gasteiger partial charge is 0.275 e. The first-order chi connectivity index (χ1) is 17.4. The van der Waals surface area contributed by atoms with E-state index >= 15 is 0 Å². The van der Waals surface area contributed by atoms with Crippen molar-refractivity contribution < 1.29 is 4.79 Å². The zero-order valence-corrected chi connectivity index (χ0v) is 21.3. The van der Waals surface area contributed by atoms with E-state index in [1.54, 1.807) is 6.92 Å². The first-order valence-electron chi connectivity index (χ1n) is 12.8. The predicted molar refractivity (Wildman–Crippen MR) is 145 cm³/mol. The van der Waals surface area contributed by atoms with E-state index < -0.39 is 6.04 Å². The van der Waals surface area contributed by atoms with Gasteiger partial charge in [0.25, 0.3) is 5.56 Å². The maximum Gasteiger partial charge on any atom is 0.275 e. The van der Waals surface area contributed by atoms with Gasteiger partial charge in [0.05, 0.1) is 11.1 Å². The summed E-state index contributed by atoms with van der Waals surface area (Å²) < 4.78 is 1.40. The molecule has 3 aromatic carbocycles.